The Morgan fingerprint density at radius 1 is 1.69 bits per heavy atom. The summed E-state index contributed by atoms with van der Waals surface area (Å²) >= 11 is 5.50. The smallest absolute Gasteiger partial charge is 0.268 e. The lowest BCUT2D eigenvalue weighted by molar-refractivity contribution is 0.707. The summed E-state index contributed by atoms with van der Waals surface area (Å²) in [4.78, 5) is 11.1. The van der Waals surface area contributed by atoms with Crippen LogP contribution in [0.2, 0.25) is 0 Å². The molecule has 13 heavy (non-hydrogen) atoms. The number of nitrogens with zero attached hydrogens (tertiary/aromatic N) is 2. The standard InChI is InChI=1S/C8H12ClN3O/c1-12-8(13)5-7(6-11-12)10-4-2-3-9/h5-6,10H,2-4H2,1H3. The summed E-state index contributed by atoms with van der Waals surface area (Å²) in [6.07, 6.45) is 2.49. The van der Waals surface area contributed by atoms with Gasteiger partial charge in [-0.25, -0.2) is 4.68 Å². The van der Waals surface area contributed by atoms with E-state index in [1.54, 1.807) is 13.2 Å². The Kier molecular flexibility index (Phi) is 3.76. The van der Waals surface area contributed by atoms with Gasteiger partial charge in [0.25, 0.3) is 5.56 Å². The number of hydrogen-bond donors (Lipinski definition) is 1. The Morgan fingerprint density at radius 2 is 2.46 bits per heavy atom. The maximum absolute atomic E-state index is 11.1. The zero-order valence-electron chi connectivity index (χ0n) is 7.46. The first-order valence-electron chi connectivity index (χ1n) is 4.07. The molecule has 0 bridgehead atoms. The molecule has 1 aromatic rings. The molecule has 0 aliphatic rings. The molecule has 0 amide bonds. The van der Waals surface area contributed by atoms with Gasteiger partial charge in [-0.2, -0.15) is 5.10 Å². The average molecular weight is 202 g/mol. The molecule has 0 atom stereocenters. The van der Waals surface area contributed by atoms with Gasteiger partial charge in [0.1, 0.15) is 0 Å². The first kappa shape index (κ1) is 10.1. The summed E-state index contributed by atoms with van der Waals surface area (Å²) in [5, 5.41) is 6.92. The van der Waals surface area contributed by atoms with Crippen molar-refractivity contribution in [2.75, 3.05) is 17.7 Å². The second kappa shape index (κ2) is 4.87. The lowest BCUT2D eigenvalue weighted by atomic mass is 10.4. The number of aromatic nitrogens is 2. The van der Waals surface area contributed by atoms with Crippen molar-refractivity contribution >= 4 is 17.3 Å². The molecule has 1 N–H and O–H groups in total. The molecule has 72 valence electrons. The highest BCUT2D eigenvalue weighted by atomic mass is 35.5. The van der Waals surface area contributed by atoms with E-state index in [9.17, 15) is 4.79 Å². The third-order valence-electron chi connectivity index (χ3n) is 1.61. The van der Waals surface area contributed by atoms with Crippen LogP contribution in [0.25, 0.3) is 0 Å². The van der Waals surface area contributed by atoms with Crippen molar-refractivity contribution < 1.29 is 0 Å². The van der Waals surface area contributed by atoms with Crippen LogP contribution in [0, 0.1) is 0 Å². The van der Waals surface area contributed by atoms with Gasteiger partial charge in [0.15, 0.2) is 0 Å². The van der Waals surface area contributed by atoms with Gasteiger partial charge >= 0.3 is 0 Å². The van der Waals surface area contributed by atoms with Gasteiger partial charge in [-0.05, 0) is 6.42 Å². The predicted octanol–water partition coefficient (Wildman–Crippen LogP) is 0.821. The monoisotopic (exact) mass is 201 g/mol. The van der Waals surface area contributed by atoms with Crippen molar-refractivity contribution in [3.8, 4) is 0 Å². The average Bonchev–Trinajstić information content (AvgIpc) is 2.12. The van der Waals surface area contributed by atoms with Crippen molar-refractivity contribution in [2.45, 2.75) is 6.42 Å². The van der Waals surface area contributed by atoms with Crippen LogP contribution in [0.5, 0.6) is 0 Å². The minimum absolute atomic E-state index is 0.115. The topological polar surface area (TPSA) is 46.9 Å². The molecule has 0 aliphatic heterocycles. The second-order valence-corrected chi connectivity index (χ2v) is 3.05. The van der Waals surface area contributed by atoms with E-state index in [1.165, 1.54) is 10.7 Å². The molecule has 1 rings (SSSR count). The van der Waals surface area contributed by atoms with Crippen LogP contribution in [0.3, 0.4) is 0 Å². The van der Waals surface area contributed by atoms with Crippen molar-refractivity contribution in [1.29, 1.82) is 0 Å². The van der Waals surface area contributed by atoms with E-state index >= 15 is 0 Å². The molecule has 0 fully saturated rings. The molecule has 5 heteroatoms. The lowest BCUT2D eigenvalue weighted by Crippen LogP contribution is -2.19. The maximum atomic E-state index is 11.1. The molecule has 0 spiro atoms. The van der Waals surface area contributed by atoms with Crippen LogP contribution in [-0.4, -0.2) is 22.2 Å². The van der Waals surface area contributed by atoms with Crippen LogP contribution < -0.4 is 10.9 Å². The molecule has 0 aliphatic carbocycles. The van der Waals surface area contributed by atoms with Gasteiger partial charge in [0, 0.05) is 25.5 Å². The van der Waals surface area contributed by atoms with Gasteiger partial charge in [-0.3, -0.25) is 4.79 Å². The minimum Gasteiger partial charge on any atom is -0.384 e. The highest BCUT2D eigenvalue weighted by molar-refractivity contribution is 6.17. The van der Waals surface area contributed by atoms with Crippen LogP contribution in [0.15, 0.2) is 17.1 Å². The molecule has 0 saturated carbocycles. The first-order chi connectivity index (χ1) is 6.24. The van der Waals surface area contributed by atoms with Crippen molar-refractivity contribution in [3.63, 3.8) is 0 Å². The van der Waals surface area contributed by atoms with Gasteiger partial charge in [-0.1, -0.05) is 0 Å². The SMILES string of the molecule is Cn1ncc(NCCCCl)cc1=O. The van der Waals surface area contributed by atoms with E-state index in [4.69, 9.17) is 11.6 Å². The van der Waals surface area contributed by atoms with Gasteiger partial charge < -0.3 is 5.32 Å². The van der Waals surface area contributed by atoms with E-state index in [-0.39, 0.29) is 5.56 Å². The van der Waals surface area contributed by atoms with Gasteiger partial charge in [0.2, 0.25) is 0 Å². The molecule has 0 aromatic carbocycles. The summed E-state index contributed by atoms with van der Waals surface area (Å²) < 4.78 is 1.28. The number of alkyl halides is 1. The van der Waals surface area contributed by atoms with Crippen LogP contribution in [0.1, 0.15) is 6.42 Å². The fourth-order valence-corrected chi connectivity index (χ4v) is 0.999. The largest absolute Gasteiger partial charge is 0.384 e. The molecule has 1 heterocycles. The Balaban J connectivity index is 2.58. The normalized spacial score (nSPS) is 10.0. The second-order valence-electron chi connectivity index (χ2n) is 2.68. The Labute approximate surface area is 81.5 Å². The first-order valence-corrected chi connectivity index (χ1v) is 4.60. The number of nitrogens with one attached hydrogen (secondary N) is 1. The fourth-order valence-electron chi connectivity index (χ4n) is 0.866. The van der Waals surface area contributed by atoms with Gasteiger partial charge in [-0.15, -0.1) is 11.6 Å². The molecule has 0 saturated heterocycles. The molecule has 1 aromatic heterocycles. The number of hydrogen-bond acceptors (Lipinski definition) is 3. The number of rotatable bonds is 4. The highest BCUT2D eigenvalue weighted by Crippen LogP contribution is 1.99. The molecule has 0 unspecified atom stereocenters. The molecular formula is C8H12ClN3O. The predicted molar refractivity (Wildman–Crippen MR) is 53.3 cm³/mol. The fraction of sp³-hybridized carbons (Fsp3) is 0.500. The zero-order valence-corrected chi connectivity index (χ0v) is 8.21. The Hall–Kier alpha value is -1.03. The summed E-state index contributed by atoms with van der Waals surface area (Å²) in [5.74, 6) is 0.616. The van der Waals surface area contributed by atoms with E-state index < -0.39 is 0 Å². The van der Waals surface area contributed by atoms with Crippen LogP contribution in [0.4, 0.5) is 5.69 Å². The van der Waals surface area contributed by atoms with Gasteiger partial charge in [0.05, 0.1) is 11.9 Å². The summed E-state index contributed by atoms with van der Waals surface area (Å²) in [5.41, 5.74) is 0.629. The molecule has 4 nitrogen and oxygen atoms in total. The van der Waals surface area contributed by atoms with Crippen LogP contribution >= 0.6 is 11.6 Å². The minimum atomic E-state index is -0.115. The summed E-state index contributed by atoms with van der Waals surface area (Å²) in [6.45, 7) is 0.762. The van der Waals surface area contributed by atoms with Crippen molar-refractivity contribution in [3.05, 3.63) is 22.6 Å². The number of halogens is 1. The highest BCUT2D eigenvalue weighted by Gasteiger charge is 1.94. The molecular weight excluding hydrogens is 190 g/mol. The summed E-state index contributed by atoms with van der Waals surface area (Å²) in [7, 11) is 1.62. The lowest BCUT2D eigenvalue weighted by Gasteiger charge is -2.03. The van der Waals surface area contributed by atoms with E-state index in [0.717, 1.165) is 18.7 Å². The zero-order chi connectivity index (χ0) is 9.68. The van der Waals surface area contributed by atoms with E-state index in [1.807, 2.05) is 0 Å². The number of aryl methyl sites for hydroxylation is 1. The third-order valence-corrected chi connectivity index (χ3v) is 1.87. The maximum Gasteiger partial charge on any atom is 0.268 e. The number of anilines is 1. The molecule has 0 radical (unpaired) electrons. The van der Waals surface area contributed by atoms with Crippen molar-refractivity contribution in [2.24, 2.45) is 7.05 Å². The van der Waals surface area contributed by atoms with E-state index in [2.05, 4.69) is 10.4 Å². The van der Waals surface area contributed by atoms with E-state index in [0.29, 0.717) is 5.88 Å². The summed E-state index contributed by atoms with van der Waals surface area (Å²) in [6, 6.07) is 1.52. The van der Waals surface area contributed by atoms with Crippen molar-refractivity contribution in [1.82, 2.24) is 9.78 Å². The Morgan fingerprint density at radius 3 is 3.08 bits per heavy atom. The van der Waals surface area contributed by atoms with Crippen LogP contribution in [-0.2, 0) is 7.05 Å². The quantitative estimate of drug-likeness (QED) is 0.580. The third kappa shape index (κ3) is 3.06. The Bertz CT molecular complexity index is 323.